The van der Waals surface area contributed by atoms with Gasteiger partial charge in [0.25, 0.3) is 0 Å². The van der Waals surface area contributed by atoms with Gasteiger partial charge in [-0.3, -0.25) is 0 Å². The van der Waals surface area contributed by atoms with E-state index >= 15 is 0 Å². The average molecular weight is 441 g/mol. The van der Waals surface area contributed by atoms with Crippen LogP contribution in [0.1, 0.15) is 11.1 Å². The first kappa shape index (κ1) is 21.5. The van der Waals surface area contributed by atoms with E-state index in [9.17, 15) is 0 Å². The van der Waals surface area contributed by atoms with Gasteiger partial charge in [-0.05, 0) is 86.6 Å². The number of anilines is 6. The predicted octanol–water partition coefficient (Wildman–Crippen LogP) is 9.24. The maximum Gasteiger partial charge on any atom is 0.0463 e. The zero-order chi connectivity index (χ0) is 23.3. The van der Waals surface area contributed by atoms with E-state index in [0.29, 0.717) is 0 Å². The average Bonchev–Trinajstić information content (AvgIpc) is 2.89. The summed E-state index contributed by atoms with van der Waals surface area (Å²) < 4.78 is 0. The SMILES string of the molecule is Cc1ccc(N(c2ccc(C)cc2)c2ccc(N(c3ccccc3)c3ccccc3)cc2)cc1. The molecule has 0 heterocycles. The Morgan fingerprint density at radius 2 is 0.529 bits per heavy atom. The van der Waals surface area contributed by atoms with Crippen LogP contribution in [0.25, 0.3) is 0 Å². The lowest BCUT2D eigenvalue weighted by molar-refractivity contribution is 1.25. The minimum Gasteiger partial charge on any atom is -0.311 e. The Labute approximate surface area is 202 Å². The summed E-state index contributed by atoms with van der Waals surface area (Å²) in [4.78, 5) is 4.59. The molecule has 2 nitrogen and oxygen atoms in total. The molecule has 0 aromatic heterocycles. The molecule has 0 aliphatic heterocycles. The fourth-order valence-corrected chi connectivity index (χ4v) is 4.19. The van der Waals surface area contributed by atoms with E-state index in [0.717, 1.165) is 34.1 Å². The Morgan fingerprint density at radius 1 is 0.294 bits per heavy atom. The molecule has 0 spiro atoms. The molecule has 0 atom stereocenters. The van der Waals surface area contributed by atoms with Gasteiger partial charge in [0, 0.05) is 34.1 Å². The van der Waals surface area contributed by atoms with E-state index in [1.54, 1.807) is 0 Å². The fraction of sp³-hybridized carbons (Fsp3) is 0.0625. The lowest BCUT2D eigenvalue weighted by atomic mass is 10.1. The van der Waals surface area contributed by atoms with Crippen LogP contribution in [-0.4, -0.2) is 0 Å². The number of hydrogen-bond donors (Lipinski definition) is 0. The molecule has 0 aliphatic rings. The van der Waals surface area contributed by atoms with Crippen LogP contribution < -0.4 is 9.80 Å². The number of para-hydroxylation sites is 2. The van der Waals surface area contributed by atoms with Gasteiger partial charge in [-0.25, -0.2) is 0 Å². The van der Waals surface area contributed by atoms with Gasteiger partial charge < -0.3 is 9.80 Å². The third kappa shape index (κ3) is 4.57. The van der Waals surface area contributed by atoms with Crippen molar-refractivity contribution in [3.63, 3.8) is 0 Å². The maximum absolute atomic E-state index is 2.30. The molecule has 2 heteroatoms. The molecule has 0 radical (unpaired) electrons. The summed E-state index contributed by atoms with van der Waals surface area (Å²) in [6.07, 6.45) is 0. The first-order chi connectivity index (χ1) is 16.7. The van der Waals surface area contributed by atoms with Gasteiger partial charge >= 0.3 is 0 Å². The number of nitrogens with zero attached hydrogens (tertiary/aromatic N) is 2. The van der Waals surface area contributed by atoms with Crippen LogP contribution in [0.2, 0.25) is 0 Å². The predicted molar refractivity (Wildman–Crippen MR) is 145 cm³/mol. The Hall–Kier alpha value is -4.30. The van der Waals surface area contributed by atoms with Crippen molar-refractivity contribution in [2.45, 2.75) is 13.8 Å². The Balaban J connectivity index is 1.57. The van der Waals surface area contributed by atoms with Crippen molar-refractivity contribution in [2.24, 2.45) is 0 Å². The Bertz CT molecular complexity index is 1240. The first-order valence-electron chi connectivity index (χ1n) is 11.6. The molecule has 166 valence electrons. The Kier molecular flexibility index (Phi) is 6.13. The highest BCUT2D eigenvalue weighted by Crippen LogP contribution is 2.38. The normalized spacial score (nSPS) is 10.6. The van der Waals surface area contributed by atoms with Crippen LogP contribution in [0.5, 0.6) is 0 Å². The molecule has 0 aliphatic carbocycles. The highest BCUT2D eigenvalue weighted by atomic mass is 15.2. The summed E-state index contributed by atoms with van der Waals surface area (Å²) in [5.74, 6) is 0. The van der Waals surface area contributed by atoms with Gasteiger partial charge in [0.1, 0.15) is 0 Å². The van der Waals surface area contributed by atoms with Crippen molar-refractivity contribution >= 4 is 34.1 Å². The summed E-state index contributed by atoms with van der Waals surface area (Å²) in [6, 6.07) is 47.2. The van der Waals surface area contributed by atoms with E-state index in [2.05, 4.69) is 157 Å². The van der Waals surface area contributed by atoms with Crippen LogP contribution in [0.4, 0.5) is 34.1 Å². The molecule has 34 heavy (non-hydrogen) atoms. The summed E-state index contributed by atoms with van der Waals surface area (Å²) in [6.45, 7) is 4.24. The third-order valence-corrected chi connectivity index (χ3v) is 5.98. The number of aryl methyl sites for hydroxylation is 2. The molecule has 0 saturated carbocycles. The fourth-order valence-electron chi connectivity index (χ4n) is 4.19. The van der Waals surface area contributed by atoms with E-state index in [4.69, 9.17) is 0 Å². The molecule has 5 aromatic carbocycles. The highest BCUT2D eigenvalue weighted by Gasteiger charge is 2.15. The lowest BCUT2D eigenvalue weighted by Gasteiger charge is -2.28. The van der Waals surface area contributed by atoms with E-state index in [1.165, 1.54) is 11.1 Å². The second-order valence-electron chi connectivity index (χ2n) is 8.53. The molecule has 0 bridgehead atoms. The van der Waals surface area contributed by atoms with Crippen molar-refractivity contribution < 1.29 is 0 Å². The van der Waals surface area contributed by atoms with Crippen molar-refractivity contribution in [1.82, 2.24) is 0 Å². The molecule has 0 saturated heterocycles. The minimum atomic E-state index is 1.12. The topological polar surface area (TPSA) is 6.48 Å². The van der Waals surface area contributed by atoms with E-state index < -0.39 is 0 Å². The largest absolute Gasteiger partial charge is 0.311 e. The van der Waals surface area contributed by atoms with Gasteiger partial charge in [0.05, 0.1) is 0 Å². The number of benzene rings is 5. The zero-order valence-electron chi connectivity index (χ0n) is 19.6. The molecule has 0 fully saturated rings. The molecule has 5 rings (SSSR count). The van der Waals surface area contributed by atoms with Crippen molar-refractivity contribution in [2.75, 3.05) is 9.80 Å². The second kappa shape index (κ2) is 9.68. The lowest BCUT2D eigenvalue weighted by Crippen LogP contribution is -2.12. The number of rotatable bonds is 6. The van der Waals surface area contributed by atoms with Crippen LogP contribution in [0, 0.1) is 13.8 Å². The zero-order valence-corrected chi connectivity index (χ0v) is 19.6. The van der Waals surface area contributed by atoms with Crippen molar-refractivity contribution in [3.05, 3.63) is 145 Å². The van der Waals surface area contributed by atoms with E-state index in [-0.39, 0.29) is 0 Å². The van der Waals surface area contributed by atoms with E-state index in [1.807, 2.05) is 0 Å². The molecule has 5 aromatic rings. The first-order valence-corrected chi connectivity index (χ1v) is 11.6. The molecule has 0 unspecified atom stereocenters. The van der Waals surface area contributed by atoms with Gasteiger partial charge in [-0.2, -0.15) is 0 Å². The van der Waals surface area contributed by atoms with Crippen molar-refractivity contribution in [1.29, 1.82) is 0 Å². The monoisotopic (exact) mass is 440 g/mol. The van der Waals surface area contributed by atoms with Crippen molar-refractivity contribution in [3.8, 4) is 0 Å². The smallest absolute Gasteiger partial charge is 0.0463 e. The van der Waals surface area contributed by atoms with Crippen LogP contribution in [0.3, 0.4) is 0 Å². The molecular weight excluding hydrogens is 412 g/mol. The summed E-state index contributed by atoms with van der Waals surface area (Å²) in [5.41, 5.74) is 9.31. The van der Waals surface area contributed by atoms with Gasteiger partial charge in [0.15, 0.2) is 0 Å². The molecule has 0 N–H and O–H groups in total. The third-order valence-electron chi connectivity index (χ3n) is 5.98. The standard InChI is InChI=1S/C32H28N2/c1-25-13-17-29(18-14-25)34(30-19-15-26(2)16-20-30)32-23-21-31(22-24-32)33(27-9-5-3-6-10-27)28-11-7-4-8-12-28/h3-24H,1-2H3. The Morgan fingerprint density at radius 3 is 0.824 bits per heavy atom. The molecular formula is C32H28N2. The summed E-state index contributed by atoms with van der Waals surface area (Å²) in [7, 11) is 0. The quantitative estimate of drug-likeness (QED) is 0.259. The van der Waals surface area contributed by atoms with Gasteiger partial charge in [-0.15, -0.1) is 0 Å². The minimum absolute atomic E-state index is 1.12. The molecule has 0 amide bonds. The van der Waals surface area contributed by atoms with Gasteiger partial charge in [0.2, 0.25) is 0 Å². The van der Waals surface area contributed by atoms with Crippen LogP contribution >= 0.6 is 0 Å². The number of hydrogen-bond acceptors (Lipinski definition) is 2. The van der Waals surface area contributed by atoms with Crippen LogP contribution in [-0.2, 0) is 0 Å². The highest BCUT2D eigenvalue weighted by molar-refractivity contribution is 5.81. The van der Waals surface area contributed by atoms with Gasteiger partial charge in [-0.1, -0.05) is 71.8 Å². The summed E-state index contributed by atoms with van der Waals surface area (Å²) in [5, 5.41) is 0. The van der Waals surface area contributed by atoms with Crippen LogP contribution in [0.15, 0.2) is 133 Å². The maximum atomic E-state index is 2.30. The second-order valence-corrected chi connectivity index (χ2v) is 8.53. The summed E-state index contributed by atoms with van der Waals surface area (Å²) >= 11 is 0.